The normalized spacial score (nSPS) is 12.8. The Morgan fingerprint density at radius 3 is 2.17 bits per heavy atom. The van der Waals surface area contributed by atoms with Crippen LogP contribution in [0.25, 0.3) is 0 Å². The minimum Gasteiger partial charge on any atom is -0.330 e. The summed E-state index contributed by atoms with van der Waals surface area (Å²) < 4.78 is 23.8. The van der Waals surface area contributed by atoms with Gasteiger partial charge in [-0.15, -0.1) is 0 Å². The molecule has 2 N–H and O–H groups in total. The molecular weight excluding hydrogens is 176 g/mol. The molecule has 0 saturated heterocycles. The van der Waals surface area contributed by atoms with Gasteiger partial charge in [0, 0.05) is 12.6 Å². The standard InChI is InChI=1S/C7H18N2O2S/c1-7(2)9(6-4-5-8)12(3,10)11/h7H,4-6,8H2,1-3H3. The zero-order chi connectivity index (χ0) is 9.78. The van der Waals surface area contributed by atoms with E-state index in [1.807, 2.05) is 13.8 Å². The van der Waals surface area contributed by atoms with E-state index in [9.17, 15) is 8.42 Å². The second kappa shape index (κ2) is 4.79. The van der Waals surface area contributed by atoms with Crippen LogP contribution in [0.5, 0.6) is 0 Å². The van der Waals surface area contributed by atoms with Crippen molar-refractivity contribution in [2.45, 2.75) is 26.3 Å². The lowest BCUT2D eigenvalue weighted by Gasteiger charge is -2.23. The van der Waals surface area contributed by atoms with Crippen molar-refractivity contribution >= 4 is 10.0 Å². The van der Waals surface area contributed by atoms with Gasteiger partial charge in [0.1, 0.15) is 0 Å². The Kier molecular flexibility index (Phi) is 4.74. The molecule has 0 saturated carbocycles. The van der Waals surface area contributed by atoms with Crippen LogP contribution in [-0.4, -0.2) is 38.1 Å². The number of nitrogens with two attached hydrogens (primary N) is 1. The maximum Gasteiger partial charge on any atom is 0.211 e. The average Bonchev–Trinajstić information content (AvgIpc) is 1.84. The fourth-order valence-electron chi connectivity index (χ4n) is 1.05. The largest absolute Gasteiger partial charge is 0.330 e. The van der Waals surface area contributed by atoms with Crippen molar-refractivity contribution in [1.82, 2.24) is 4.31 Å². The Morgan fingerprint density at radius 2 is 1.92 bits per heavy atom. The van der Waals surface area contributed by atoms with Crippen LogP contribution in [0.2, 0.25) is 0 Å². The summed E-state index contributed by atoms with van der Waals surface area (Å²) in [6.45, 7) is 4.76. The maximum absolute atomic E-state index is 11.2. The molecule has 4 nitrogen and oxygen atoms in total. The molecule has 0 aromatic carbocycles. The highest BCUT2D eigenvalue weighted by Crippen LogP contribution is 2.04. The van der Waals surface area contributed by atoms with Gasteiger partial charge in [-0.25, -0.2) is 8.42 Å². The predicted octanol–water partition coefficient (Wildman–Crippen LogP) is 0.00520. The summed E-state index contributed by atoms with van der Waals surface area (Å²) in [5.41, 5.74) is 5.30. The van der Waals surface area contributed by atoms with Gasteiger partial charge in [-0.1, -0.05) is 0 Å². The third-order valence-electron chi connectivity index (χ3n) is 1.58. The van der Waals surface area contributed by atoms with Crippen molar-refractivity contribution in [3.63, 3.8) is 0 Å². The molecule has 0 radical (unpaired) electrons. The number of sulfonamides is 1. The molecule has 0 atom stereocenters. The molecule has 0 unspecified atom stereocenters. The summed E-state index contributed by atoms with van der Waals surface area (Å²) in [6, 6.07) is 0.0200. The summed E-state index contributed by atoms with van der Waals surface area (Å²) in [6.07, 6.45) is 1.94. The Balaban J connectivity index is 4.26. The minimum atomic E-state index is -3.06. The lowest BCUT2D eigenvalue weighted by atomic mass is 10.3. The van der Waals surface area contributed by atoms with Crippen LogP contribution in [0.3, 0.4) is 0 Å². The molecule has 0 rings (SSSR count). The summed E-state index contributed by atoms with van der Waals surface area (Å²) in [5, 5.41) is 0. The third-order valence-corrected chi connectivity index (χ3v) is 3.04. The van der Waals surface area contributed by atoms with E-state index >= 15 is 0 Å². The number of hydrogen-bond donors (Lipinski definition) is 1. The molecule has 0 heterocycles. The van der Waals surface area contributed by atoms with Crippen molar-refractivity contribution in [3.8, 4) is 0 Å². The molecule has 5 heteroatoms. The topological polar surface area (TPSA) is 63.4 Å². The summed E-state index contributed by atoms with van der Waals surface area (Å²) in [4.78, 5) is 0. The van der Waals surface area contributed by atoms with Crippen LogP contribution in [0, 0.1) is 0 Å². The minimum absolute atomic E-state index is 0.0200. The van der Waals surface area contributed by atoms with E-state index in [1.165, 1.54) is 10.6 Å². The van der Waals surface area contributed by atoms with Crippen LogP contribution < -0.4 is 5.73 Å². The molecule has 0 fully saturated rings. The molecule has 74 valence electrons. The van der Waals surface area contributed by atoms with E-state index in [2.05, 4.69) is 0 Å². The van der Waals surface area contributed by atoms with E-state index in [-0.39, 0.29) is 6.04 Å². The molecule has 0 aromatic heterocycles. The molecule has 0 amide bonds. The smallest absolute Gasteiger partial charge is 0.211 e. The fraction of sp³-hybridized carbons (Fsp3) is 1.00. The highest BCUT2D eigenvalue weighted by molar-refractivity contribution is 7.88. The van der Waals surface area contributed by atoms with Crippen LogP contribution in [0.1, 0.15) is 20.3 Å². The molecule has 0 aliphatic heterocycles. The van der Waals surface area contributed by atoms with Gasteiger partial charge in [0.15, 0.2) is 0 Å². The number of rotatable bonds is 5. The van der Waals surface area contributed by atoms with Crippen molar-refractivity contribution < 1.29 is 8.42 Å². The molecular formula is C7H18N2O2S. The van der Waals surface area contributed by atoms with E-state index in [4.69, 9.17) is 5.73 Å². The van der Waals surface area contributed by atoms with Gasteiger partial charge >= 0.3 is 0 Å². The Hall–Kier alpha value is -0.130. The van der Waals surface area contributed by atoms with Gasteiger partial charge in [0.2, 0.25) is 10.0 Å². The first-order chi connectivity index (χ1) is 5.39. The van der Waals surface area contributed by atoms with Gasteiger partial charge in [-0.05, 0) is 26.8 Å². The second-order valence-corrected chi connectivity index (χ2v) is 5.04. The molecule has 0 spiro atoms. The van der Waals surface area contributed by atoms with Gasteiger partial charge in [-0.3, -0.25) is 0 Å². The lowest BCUT2D eigenvalue weighted by molar-refractivity contribution is 0.354. The fourth-order valence-corrected chi connectivity index (χ4v) is 2.28. The Labute approximate surface area is 74.8 Å². The second-order valence-electron chi connectivity index (χ2n) is 3.11. The number of nitrogens with zero attached hydrogens (tertiary/aromatic N) is 1. The molecule has 0 aromatic rings. The highest BCUT2D eigenvalue weighted by Gasteiger charge is 2.18. The third kappa shape index (κ3) is 4.04. The Morgan fingerprint density at radius 1 is 1.42 bits per heavy atom. The van der Waals surface area contributed by atoms with Gasteiger partial charge in [0.25, 0.3) is 0 Å². The van der Waals surface area contributed by atoms with E-state index in [1.54, 1.807) is 0 Å². The van der Waals surface area contributed by atoms with E-state index in [0.29, 0.717) is 19.5 Å². The lowest BCUT2D eigenvalue weighted by Crippen LogP contribution is -2.37. The van der Waals surface area contributed by atoms with Crippen LogP contribution >= 0.6 is 0 Å². The highest BCUT2D eigenvalue weighted by atomic mass is 32.2. The van der Waals surface area contributed by atoms with E-state index < -0.39 is 10.0 Å². The van der Waals surface area contributed by atoms with Gasteiger partial charge < -0.3 is 5.73 Å². The summed E-state index contributed by atoms with van der Waals surface area (Å²) in [7, 11) is -3.06. The quantitative estimate of drug-likeness (QED) is 0.670. The van der Waals surface area contributed by atoms with Crippen molar-refractivity contribution in [2.75, 3.05) is 19.3 Å². The first-order valence-corrected chi connectivity index (χ1v) is 5.91. The number of hydrogen-bond acceptors (Lipinski definition) is 3. The first-order valence-electron chi connectivity index (χ1n) is 4.06. The van der Waals surface area contributed by atoms with Gasteiger partial charge in [0.05, 0.1) is 6.26 Å². The first kappa shape index (κ1) is 11.9. The Bertz CT molecular complexity index is 211. The zero-order valence-electron chi connectivity index (χ0n) is 7.95. The SMILES string of the molecule is CC(C)N(CCCN)S(C)(=O)=O. The molecule has 12 heavy (non-hydrogen) atoms. The molecule has 0 aliphatic carbocycles. The monoisotopic (exact) mass is 194 g/mol. The molecule has 0 aliphatic rings. The van der Waals surface area contributed by atoms with Crippen molar-refractivity contribution in [1.29, 1.82) is 0 Å². The van der Waals surface area contributed by atoms with Crippen LogP contribution in [0.4, 0.5) is 0 Å². The van der Waals surface area contributed by atoms with Crippen molar-refractivity contribution in [3.05, 3.63) is 0 Å². The predicted molar refractivity (Wildman–Crippen MR) is 50.4 cm³/mol. The average molecular weight is 194 g/mol. The zero-order valence-corrected chi connectivity index (χ0v) is 8.76. The van der Waals surface area contributed by atoms with Crippen LogP contribution in [0.15, 0.2) is 0 Å². The van der Waals surface area contributed by atoms with Crippen LogP contribution in [-0.2, 0) is 10.0 Å². The van der Waals surface area contributed by atoms with E-state index in [0.717, 1.165) is 0 Å². The summed E-state index contributed by atoms with van der Waals surface area (Å²) in [5.74, 6) is 0. The van der Waals surface area contributed by atoms with Crippen molar-refractivity contribution in [2.24, 2.45) is 5.73 Å². The maximum atomic E-state index is 11.2. The molecule has 0 bridgehead atoms. The summed E-state index contributed by atoms with van der Waals surface area (Å²) >= 11 is 0. The van der Waals surface area contributed by atoms with Gasteiger partial charge in [-0.2, -0.15) is 4.31 Å².